The second kappa shape index (κ2) is 5.40. The predicted octanol–water partition coefficient (Wildman–Crippen LogP) is 1.48. The van der Waals surface area contributed by atoms with E-state index in [2.05, 4.69) is 24.8 Å². The molecule has 2 heteroatoms. The summed E-state index contributed by atoms with van der Waals surface area (Å²) in [5, 5.41) is 0. The Labute approximate surface area is 81.8 Å². The molecule has 1 aliphatic heterocycles. The summed E-state index contributed by atoms with van der Waals surface area (Å²) in [7, 11) is 0. The van der Waals surface area contributed by atoms with Crippen molar-refractivity contribution in [3.63, 3.8) is 0 Å². The maximum Gasteiger partial charge on any atom is 0.0163 e. The second-order valence-electron chi connectivity index (χ2n) is 4.26. The molecule has 0 radical (unpaired) electrons. The van der Waals surface area contributed by atoms with Crippen molar-refractivity contribution in [1.29, 1.82) is 0 Å². The van der Waals surface area contributed by atoms with Crippen LogP contribution >= 0.6 is 0 Å². The Morgan fingerprint density at radius 1 is 1.46 bits per heavy atom. The molecule has 0 aromatic heterocycles. The van der Waals surface area contributed by atoms with Gasteiger partial charge in [-0.05, 0) is 24.8 Å². The van der Waals surface area contributed by atoms with Gasteiger partial charge in [0.1, 0.15) is 0 Å². The first-order chi connectivity index (χ1) is 6.24. The average Bonchev–Trinajstić information content (AvgIpc) is 2.53. The molecule has 0 aromatic rings. The number of rotatable bonds is 4. The summed E-state index contributed by atoms with van der Waals surface area (Å²) in [4.78, 5) is 2.51. The van der Waals surface area contributed by atoms with E-state index >= 15 is 0 Å². The van der Waals surface area contributed by atoms with Gasteiger partial charge in [-0.3, -0.25) is 4.90 Å². The standard InChI is InChI=1S/C11H22N2/c1-10(2)11-5-8-13(9-11)7-4-3-6-12/h3-4,10-11H,5-9,12H2,1-2H3/b4-3+. The van der Waals surface area contributed by atoms with E-state index in [9.17, 15) is 0 Å². The summed E-state index contributed by atoms with van der Waals surface area (Å²) in [6, 6.07) is 0. The number of hydrogen-bond donors (Lipinski definition) is 1. The summed E-state index contributed by atoms with van der Waals surface area (Å²) in [6.45, 7) is 8.93. The van der Waals surface area contributed by atoms with Crippen molar-refractivity contribution >= 4 is 0 Å². The fourth-order valence-corrected chi connectivity index (χ4v) is 1.89. The molecule has 1 unspecified atom stereocenters. The molecule has 0 aromatic carbocycles. The van der Waals surface area contributed by atoms with Crippen molar-refractivity contribution in [2.75, 3.05) is 26.2 Å². The first-order valence-electron chi connectivity index (χ1n) is 5.31. The van der Waals surface area contributed by atoms with Gasteiger partial charge >= 0.3 is 0 Å². The first kappa shape index (κ1) is 10.7. The molecule has 1 saturated heterocycles. The molecule has 2 nitrogen and oxygen atoms in total. The summed E-state index contributed by atoms with van der Waals surface area (Å²) < 4.78 is 0. The highest BCUT2D eigenvalue weighted by molar-refractivity contribution is 4.88. The lowest BCUT2D eigenvalue weighted by atomic mass is 9.95. The van der Waals surface area contributed by atoms with Crippen LogP contribution in [0.15, 0.2) is 12.2 Å². The molecule has 0 aliphatic carbocycles. The van der Waals surface area contributed by atoms with Gasteiger partial charge in [0.15, 0.2) is 0 Å². The van der Waals surface area contributed by atoms with Gasteiger partial charge in [-0.1, -0.05) is 26.0 Å². The van der Waals surface area contributed by atoms with Gasteiger partial charge in [0.05, 0.1) is 0 Å². The van der Waals surface area contributed by atoms with E-state index in [0.29, 0.717) is 6.54 Å². The molecular weight excluding hydrogens is 160 g/mol. The molecule has 1 fully saturated rings. The van der Waals surface area contributed by atoms with Crippen molar-refractivity contribution in [2.45, 2.75) is 20.3 Å². The maximum absolute atomic E-state index is 5.38. The number of hydrogen-bond acceptors (Lipinski definition) is 2. The topological polar surface area (TPSA) is 29.3 Å². The Morgan fingerprint density at radius 3 is 2.77 bits per heavy atom. The molecule has 2 N–H and O–H groups in total. The quantitative estimate of drug-likeness (QED) is 0.667. The zero-order valence-electron chi connectivity index (χ0n) is 8.87. The lowest BCUT2D eigenvalue weighted by Crippen LogP contribution is -2.22. The van der Waals surface area contributed by atoms with Crippen LogP contribution in [0.3, 0.4) is 0 Å². The highest BCUT2D eigenvalue weighted by Gasteiger charge is 2.23. The molecule has 1 rings (SSSR count). The lowest BCUT2D eigenvalue weighted by molar-refractivity contribution is 0.328. The van der Waals surface area contributed by atoms with E-state index in [1.54, 1.807) is 0 Å². The summed E-state index contributed by atoms with van der Waals surface area (Å²) in [5.41, 5.74) is 5.38. The third-order valence-corrected chi connectivity index (χ3v) is 2.92. The second-order valence-corrected chi connectivity index (χ2v) is 4.26. The molecule has 0 saturated carbocycles. The fraction of sp³-hybridized carbons (Fsp3) is 0.818. The van der Waals surface area contributed by atoms with E-state index in [1.165, 1.54) is 19.5 Å². The van der Waals surface area contributed by atoms with Gasteiger partial charge in [-0.25, -0.2) is 0 Å². The molecule has 1 atom stereocenters. The Kier molecular flexibility index (Phi) is 4.46. The maximum atomic E-state index is 5.38. The molecule has 0 amide bonds. The van der Waals surface area contributed by atoms with E-state index in [-0.39, 0.29) is 0 Å². The van der Waals surface area contributed by atoms with Crippen molar-refractivity contribution in [2.24, 2.45) is 17.6 Å². The third-order valence-electron chi connectivity index (χ3n) is 2.92. The van der Waals surface area contributed by atoms with E-state index in [0.717, 1.165) is 18.4 Å². The zero-order valence-corrected chi connectivity index (χ0v) is 8.87. The molecule has 13 heavy (non-hydrogen) atoms. The smallest absolute Gasteiger partial charge is 0.0163 e. The highest BCUT2D eigenvalue weighted by atomic mass is 15.1. The summed E-state index contributed by atoms with van der Waals surface area (Å²) in [6.07, 6.45) is 5.60. The Bertz CT molecular complexity index is 163. The fourth-order valence-electron chi connectivity index (χ4n) is 1.89. The molecule has 76 valence electrons. The van der Waals surface area contributed by atoms with Crippen LogP contribution in [0.5, 0.6) is 0 Å². The van der Waals surface area contributed by atoms with Gasteiger partial charge in [0, 0.05) is 19.6 Å². The largest absolute Gasteiger partial charge is 0.327 e. The van der Waals surface area contributed by atoms with Crippen molar-refractivity contribution in [3.8, 4) is 0 Å². The SMILES string of the molecule is CC(C)C1CCN(C/C=C/CN)C1. The van der Waals surface area contributed by atoms with Crippen LogP contribution in [0.1, 0.15) is 20.3 Å². The third kappa shape index (κ3) is 3.49. The minimum atomic E-state index is 0.668. The van der Waals surface area contributed by atoms with Crippen molar-refractivity contribution in [1.82, 2.24) is 4.90 Å². The summed E-state index contributed by atoms with van der Waals surface area (Å²) >= 11 is 0. The van der Waals surface area contributed by atoms with Crippen LogP contribution in [0, 0.1) is 11.8 Å². The highest BCUT2D eigenvalue weighted by Crippen LogP contribution is 2.22. The number of likely N-dealkylation sites (tertiary alicyclic amines) is 1. The summed E-state index contributed by atoms with van der Waals surface area (Å²) in [5.74, 6) is 1.75. The van der Waals surface area contributed by atoms with Crippen LogP contribution in [0.25, 0.3) is 0 Å². The van der Waals surface area contributed by atoms with Gasteiger partial charge in [-0.2, -0.15) is 0 Å². The van der Waals surface area contributed by atoms with Crippen LogP contribution < -0.4 is 5.73 Å². The molecule has 1 heterocycles. The molecular formula is C11H22N2. The van der Waals surface area contributed by atoms with E-state index in [4.69, 9.17) is 5.73 Å². The lowest BCUT2D eigenvalue weighted by Gasteiger charge is -2.15. The molecule has 0 bridgehead atoms. The zero-order chi connectivity index (χ0) is 9.68. The normalized spacial score (nSPS) is 25.1. The average molecular weight is 182 g/mol. The number of nitrogens with zero attached hydrogens (tertiary/aromatic N) is 1. The minimum Gasteiger partial charge on any atom is -0.327 e. The van der Waals surface area contributed by atoms with Gasteiger partial charge in [0.25, 0.3) is 0 Å². The van der Waals surface area contributed by atoms with Crippen molar-refractivity contribution < 1.29 is 0 Å². The van der Waals surface area contributed by atoms with Gasteiger partial charge < -0.3 is 5.73 Å². The van der Waals surface area contributed by atoms with Crippen LogP contribution in [-0.4, -0.2) is 31.1 Å². The van der Waals surface area contributed by atoms with Crippen LogP contribution in [0.4, 0.5) is 0 Å². The first-order valence-corrected chi connectivity index (χ1v) is 5.31. The van der Waals surface area contributed by atoms with Gasteiger partial charge in [-0.15, -0.1) is 0 Å². The molecule has 0 spiro atoms. The monoisotopic (exact) mass is 182 g/mol. The van der Waals surface area contributed by atoms with Crippen LogP contribution in [-0.2, 0) is 0 Å². The number of nitrogens with two attached hydrogens (primary N) is 1. The Morgan fingerprint density at radius 2 is 2.23 bits per heavy atom. The Hall–Kier alpha value is -0.340. The predicted molar refractivity (Wildman–Crippen MR) is 57.6 cm³/mol. The Balaban J connectivity index is 2.21. The van der Waals surface area contributed by atoms with E-state index in [1.807, 2.05) is 6.08 Å². The van der Waals surface area contributed by atoms with Crippen molar-refractivity contribution in [3.05, 3.63) is 12.2 Å². The van der Waals surface area contributed by atoms with Crippen LogP contribution in [0.2, 0.25) is 0 Å². The minimum absolute atomic E-state index is 0.668. The van der Waals surface area contributed by atoms with Gasteiger partial charge in [0.2, 0.25) is 0 Å². The molecule has 1 aliphatic rings. The van der Waals surface area contributed by atoms with E-state index < -0.39 is 0 Å².